The molecule has 3 rings (SSSR count). The minimum atomic E-state index is -0.0712. The molecule has 0 atom stereocenters. The maximum absolute atomic E-state index is 12.9. The normalized spacial score (nSPS) is 11.0. The lowest BCUT2D eigenvalue weighted by Gasteiger charge is -2.03. The second-order valence-electron chi connectivity index (χ2n) is 5.14. The smallest absolute Gasteiger partial charge is 0.210 e. The van der Waals surface area contributed by atoms with Gasteiger partial charge in [-0.25, -0.2) is 0 Å². The van der Waals surface area contributed by atoms with E-state index in [1.54, 1.807) is 30.7 Å². The van der Waals surface area contributed by atoms with E-state index in [4.69, 9.17) is 18.0 Å². The van der Waals surface area contributed by atoms with Crippen LogP contribution in [0.25, 0.3) is 5.52 Å². The van der Waals surface area contributed by atoms with E-state index in [2.05, 4.69) is 15.5 Å². The lowest BCUT2D eigenvalue weighted by molar-refractivity contribution is 0.103. The Balaban J connectivity index is 2.15. The van der Waals surface area contributed by atoms with Gasteiger partial charge in [-0.15, -0.1) is 0 Å². The van der Waals surface area contributed by atoms with Crippen molar-refractivity contribution < 1.29 is 4.79 Å². The Labute approximate surface area is 144 Å². The molecule has 0 aliphatic carbocycles. The Morgan fingerprint density at radius 3 is 2.79 bits per heavy atom. The molecule has 24 heavy (non-hydrogen) atoms. The van der Waals surface area contributed by atoms with E-state index in [0.29, 0.717) is 11.3 Å². The number of carbonyl (C=O) groups is 1. The van der Waals surface area contributed by atoms with Crippen molar-refractivity contribution in [3.05, 3.63) is 71.3 Å². The number of nitrogens with one attached hydrogen (secondary N) is 1. The Hall–Kier alpha value is -3.06. The van der Waals surface area contributed by atoms with Crippen molar-refractivity contribution in [2.45, 2.75) is 6.92 Å². The predicted octanol–water partition coefficient (Wildman–Crippen LogP) is 2.04. The van der Waals surface area contributed by atoms with Crippen LogP contribution in [0.4, 0.5) is 0 Å². The second-order valence-corrected chi connectivity index (χ2v) is 5.58. The molecule has 0 saturated heterocycles. The molecule has 0 radical (unpaired) electrons. The number of hydrazone groups is 1. The van der Waals surface area contributed by atoms with Crippen LogP contribution in [0, 0.1) is 6.92 Å². The van der Waals surface area contributed by atoms with Crippen LogP contribution in [0.5, 0.6) is 0 Å². The first-order valence-electron chi connectivity index (χ1n) is 7.22. The summed E-state index contributed by atoms with van der Waals surface area (Å²) in [5.41, 5.74) is 11.6. The summed E-state index contributed by atoms with van der Waals surface area (Å²) < 4.78 is 1.86. The van der Waals surface area contributed by atoms with Crippen molar-refractivity contribution in [1.29, 1.82) is 0 Å². The van der Waals surface area contributed by atoms with Crippen LogP contribution in [0.15, 0.2) is 54.0 Å². The number of thiocarbonyl (C=S) groups is 1. The summed E-state index contributed by atoms with van der Waals surface area (Å²) in [6.45, 7) is 1.89. The predicted molar refractivity (Wildman–Crippen MR) is 97.3 cm³/mol. The fourth-order valence-electron chi connectivity index (χ4n) is 2.60. The Kier molecular flexibility index (Phi) is 4.35. The highest BCUT2D eigenvalue weighted by Gasteiger charge is 2.20. The van der Waals surface area contributed by atoms with Crippen LogP contribution in [-0.2, 0) is 0 Å². The molecule has 0 fully saturated rings. The maximum Gasteiger partial charge on any atom is 0.210 e. The molecule has 0 aliphatic rings. The number of rotatable bonds is 4. The first-order chi connectivity index (χ1) is 11.6. The van der Waals surface area contributed by atoms with E-state index in [9.17, 15) is 4.79 Å². The van der Waals surface area contributed by atoms with Crippen molar-refractivity contribution >= 4 is 34.8 Å². The number of ketones is 1. The van der Waals surface area contributed by atoms with Crippen LogP contribution in [-0.4, -0.2) is 26.5 Å². The molecule has 0 bridgehead atoms. The quantitative estimate of drug-likeness (QED) is 0.329. The van der Waals surface area contributed by atoms with E-state index in [1.807, 2.05) is 35.7 Å². The number of pyridine rings is 2. The van der Waals surface area contributed by atoms with E-state index in [0.717, 1.165) is 16.6 Å². The van der Waals surface area contributed by atoms with Gasteiger partial charge in [-0.05, 0) is 49.0 Å². The minimum Gasteiger partial charge on any atom is -0.375 e. The van der Waals surface area contributed by atoms with Crippen LogP contribution < -0.4 is 11.2 Å². The largest absolute Gasteiger partial charge is 0.375 e. The fourth-order valence-corrected chi connectivity index (χ4v) is 2.65. The topological polar surface area (TPSA) is 84.8 Å². The molecule has 7 heteroatoms. The first kappa shape index (κ1) is 15.8. The van der Waals surface area contributed by atoms with E-state index in [1.165, 1.54) is 0 Å². The van der Waals surface area contributed by atoms with Gasteiger partial charge in [0.05, 0.1) is 17.4 Å². The summed E-state index contributed by atoms with van der Waals surface area (Å²) >= 11 is 4.74. The Bertz CT molecular complexity index is 946. The lowest BCUT2D eigenvalue weighted by atomic mass is 10.1. The lowest BCUT2D eigenvalue weighted by Crippen LogP contribution is -2.24. The molecular weight excluding hydrogens is 322 g/mol. The molecule has 0 amide bonds. The molecule has 0 aromatic carbocycles. The monoisotopic (exact) mass is 337 g/mol. The third kappa shape index (κ3) is 2.89. The molecule has 0 aliphatic heterocycles. The zero-order valence-electron chi connectivity index (χ0n) is 12.9. The van der Waals surface area contributed by atoms with Crippen LogP contribution in [0.1, 0.15) is 27.2 Å². The second kappa shape index (κ2) is 6.59. The number of hydrogen-bond donors (Lipinski definition) is 2. The Morgan fingerprint density at radius 1 is 1.33 bits per heavy atom. The van der Waals surface area contributed by atoms with Gasteiger partial charge in [-0.2, -0.15) is 5.10 Å². The maximum atomic E-state index is 12.9. The Morgan fingerprint density at radius 2 is 2.08 bits per heavy atom. The summed E-state index contributed by atoms with van der Waals surface area (Å²) in [5.74, 6) is -0.0712. The molecule has 3 N–H and O–H groups in total. The number of hydrogen-bond acceptors (Lipinski definition) is 4. The molecule has 120 valence electrons. The van der Waals surface area contributed by atoms with Gasteiger partial charge in [0.1, 0.15) is 0 Å². The summed E-state index contributed by atoms with van der Waals surface area (Å²) in [6.07, 6.45) is 6.68. The highest BCUT2D eigenvalue weighted by Crippen LogP contribution is 2.24. The number of carbonyl (C=O) groups excluding carboxylic acids is 1. The summed E-state index contributed by atoms with van der Waals surface area (Å²) in [7, 11) is 0. The average Bonchev–Trinajstić information content (AvgIpc) is 2.87. The van der Waals surface area contributed by atoms with Gasteiger partial charge in [0.25, 0.3) is 0 Å². The molecule has 3 aromatic heterocycles. The van der Waals surface area contributed by atoms with Gasteiger partial charge in [0, 0.05) is 29.7 Å². The van der Waals surface area contributed by atoms with Crippen molar-refractivity contribution in [1.82, 2.24) is 14.8 Å². The van der Waals surface area contributed by atoms with Crippen molar-refractivity contribution in [2.75, 3.05) is 0 Å². The number of nitrogens with two attached hydrogens (primary N) is 1. The molecular formula is C17H15N5OS. The number of fused-ring (bicyclic) bond motifs is 1. The first-order valence-corrected chi connectivity index (χ1v) is 7.63. The highest BCUT2D eigenvalue weighted by atomic mass is 32.1. The summed E-state index contributed by atoms with van der Waals surface area (Å²) in [4.78, 5) is 16.9. The van der Waals surface area contributed by atoms with Gasteiger partial charge in [-0.3, -0.25) is 15.2 Å². The van der Waals surface area contributed by atoms with E-state index >= 15 is 0 Å². The van der Waals surface area contributed by atoms with Crippen LogP contribution in [0.3, 0.4) is 0 Å². The van der Waals surface area contributed by atoms with Crippen molar-refractivity contribution in [3.63, 3.8) is 0 Å². The van der Waals surface area contributed by atoms with Gasteiger partial charge in [-0.1, -0.05) is 6.07 Å². The van der Waals surface area contributed by atoms with Gasteiger partial charge in [0.15, 0.2) is 5.11 Å². The molecule has 0 spiro atoms. The molecule has 3 heterocycles. The standard InChI is InChI=1S/C17H15N5OS/c1-11-13(10-20-21-17(18)24)14-4-2-3-9-22(14)15(11)16(23)12-5-7-19-8-6-12/h2-10H,1H3,(H3,18,21,24)/b20-10-. The summed E-state index contributed by atoms with van der Waals surface area (Å²) in [5, 5.41) is 4.11. The molecule has 0 saturated carbocycles. The van der Waals surface area contributed by atoms with Gasteiger partial charge >= 0.3 is 0 Å². The van der Waals surface area contributed by atoms with Gasteiger partial charge < -0.3 is 10.1 Å². The van der Waals surface area contributed by atoms with Crippen molar-refractivity contribution in [3.8, 4) is 0 Å². The number of nitrogens with zero attached hydrogens (tertiary/aromatic N) is 3. The zero-order valence-corrected chi connectivity index (χ0v) is 13.7. The van der Waals surface area contributed by atoms with E-state index < -0.39 is 0 Å². The highest BCUT2D eigenvalue weighted by molar-refractivity contribution is 7.80. The average molecular weight is 337 g/mol. The molecule has 3 aromatic rings. The SMILES string of the molecule is Cc1c(/C=N\NC(N)=S)c2ccccn2c1C(=O)c1ccncc1. The van der Waals surface area contributed by atoms with Crippen LogP contribution in [0.2, 0.25) is 0 Å². The van der Waals surface area contributed by atoms with Crippen LogP contribution >= 0.6 is 12.2 Å². The van der Waals surface area contributed by atoms with E-state index in [-0.39, 0.29) is 10.9 Å². The van der Waals surface area contributed by atoms with Crippen molar-refractivity contribution in [2.24, 2.45) is 10.8 Å². The third-order valence-electron chi connectivity index (χ3n) is 3.66. The molecule has 0 unspecified atom stereocenters. The fraction of sp³-hybridized carbons (Fsp3) is 0.0588. The summed E-state index contributed by atoms with van der Waals surface area (Å²) in [6, 6.07) is 9.12. The zero-order chi connectivity index (χ0) is 17.1. The number of aromatic nitrogens is 2. The van der Waals surface area contributed by atoms with Gasteiger partial charge in [0.2, 0.25) is 5.78 Å². The third-order valence-corrected chi connectivity index (χ3v) is 3.75. The molecule has 6 nitrogen and oxygen atoms in total. The minimum absolute atomic E-state index is 0.0712.